The number of hydrogen-bond acceptors (Lipinski definition) is 2. The molecule has 0 aliphatic heterocycles. The Hall–Kier alpha value is -2.29. The number of aromatic carboxylic acids is 1. The number of unbranched alkanes of at least 4 members (excludes halogenated alkanes) is 14. The standard InChI is InChI=1S/C31H47NO2/c1-3-4-5-6-7-8-9-10-11-12-13-14-15-16-17-23-32-28-21-22-29(31(33)34)30(25-28)27-20-18-19-26(2)24-27/h18-22,24-25,32H,3-17,23H2,1-2H3,(H,33,34). The van der Waals surface area contributed by atoms with Crippen molar-refractivity contribution < 1.29 is 9.90 Å². The molecule has 188 valence electrons. The van der Waals surface area contributed by atoms with E-state index >= 15 is 0 Å². The summed E-state index contributed by atoms with van der Waals surface area (Å²) in [5.41, 5.74) is 4.20. The van der Waals surface area contributed by atoms with Crippen LogP contribution in [0.4, 0.5) is 5.69 Å². The van der Waals surface area contributed by atoms with Crippen molar-refractivity contribution >= 4 is 11.7 Å². The molecule has 2 aromatic carbocycles. The van der Waals surface area contributed by atoms with E-state index in [0.717, 1.165) is 35.3 Å². The molecule has 0 bridgehead atoms. The van der Waals surface area contributed by atoms with Gasteiger partial charge in [-0.25, -0.2) is 4.79 Å². The summed E-state index contributed by atoms with van der Waals surface area (Å²) in [5, 5.41) is 13.1. The Labute approximate surface area is 208 Å². The van der Waals surface area contributed by atoms with E-state index in [9.17, 15) is 9.90 Å². The molecular formula is C31H47NO2. The van der Waals surface area contributed by atoms with Gasteiger partial charge < -0.3 is 10.4 Å². The highest BCUT2D eigenvalue weighted by atomic mass is 16.4. The number of aryl methyl sites for hydroxylation is 1. The van der Waals surface area contributed by atoms with E-state index in [0.29, 0.717) is 5.56 Å². The highest BCUT2D eigenvalue weighted by Gasteiger charge is 2.12. The lowest BCUT2D eigenvalue weighted by Crippen LogP contribution is -2.04. The Balaban J connectivity index is 1.56. The Morgan fingerprint density at radius 3 is 1.82 bits per heavy atom. The average molecular weight is 466 g/mol. The summed E-state index contributed by atoms with van der Waals surface area (Å²) in [6.45, 7) is 5.24. The van der Waals surface area contributed by atoms with Gasteiger partial charge in [-0.3, -0.25) is 0 Å². The van der Waals surface area contributed by atoms with E-state index in [1.54, 1.807) is 6.07 Å². The summed E-state index contributed by atoms with van der Waals surface area (Å²) >= 11 is 0. The van der Waals surface area contributed by atoms with Crippen LogP contribution in [-0.2, 0) is 0 Å². The zero-order valence-corrected chi connectivity index (χ0v) is 21.7. The SMILES string of the molecule is CCCCCCCCCCCCCCCCCNc1ccc(C(=O)O)c(-c2cccc(C)c2)c1. The number of anilines is 1. The molecule has 0 amide bonds. The van der Waals surface area contributed by atoms with Crippen LogP contribution in [0.2, 0.25) is 0 Å². The fraction of sp³-hybridized carbons (Fsp3) is 0.581. The molecule has 0 atom stereocenters. The summed E-state index contributed by atoms with van der Waals surface area (Å²) in [5.74, 6) is -0.884. The molecule has 0 unspecified atom stereocenters. The van der Waals surface area contributed by atoms with Gasteiger partial charge >= 0.3 is 5.97 Å². The van der Waals surface area contributed by atoms with E-state index < -0.39 is 5.97 Å². The molecule has 3 heteroatoms. The van der Waals surface area contributed by atoms with Crippen LogP contribution in [0.15, 0.2) is 42.5 Å². The molecule has 0 fully saturated rings. The fourth-order valence-electron chi connectivity index (χ4n) is 4.62. The van der Waals surface area contributed by atoms with Gasteiger partial charge in [-0.1, -0.05) is 127 Å². The molecule has 0 saturated heterocycles. The third-order valence-corrected chi connectivity index (χ3v) is 6.69. The van der Waals surface area contributed by atoms with Gasteiger partial charge in [-0.15, -0.1) is 0 Å². The van der Waals surface area contributed by atoms with Crippen LogP contribution in [0.25, 0.3) is 11.1 Å². The molecule has 0 saturated carbocycles. The Morgan fingerprint density at radius 2 is 1.29 bits per heavy atom. The minimum Gasteiger partial charge on any atom is -0.478 e. The number of benzene rings is 2. The third kappa shape index (κ3) is 11.2. The summed E-state index contributed by atoms with van der Waals surface area (Å²) in [6, 6.07) is 13.6. The highest BCUT2D eigenvalue weighted by Crippen LogP contribution is 2.28. The average Bonchev–Trinajstić information content (AvgIpc) is 2.83. The summed E-state index contributed by atoms with van der Waals surface area (Å²) in [7, 11) is 0. The summed E-state index contributed by atoms with van der Waals surface area (Å²) < 4.78 is 0. The smallest absolute Gasteiger partial charge is 0.336 e. The Kier molecular flexibility index (Phi) is 14.1. The van der Waals surface area contributed by atoms with Crippen molar-refractivity contribution in [2.45, 2.75) is 110 Å². The van der Waals surface area contributed by atoms with Gasteiger partial charge in [0, 0.05) is 12.2 Å². The van der Waals surface area contributed by atoms with Crippen LogP contribution < -0.4 is 5.32 Å². The lowest BCUT2D eigenvalue weighted by molar-refractivity contribution is 0.0697. The fourth-order valence-corrected chi connectivity index (χ4v) is 4.62. The first-order valence-electron chi connectivity index (χ1n) is 13.8. The first-order chi connectivity index (χ1) is 16.6. The van der Waals surface area contributed by atoms with Crippen molar-refractivity contribution in [3.63, 3.8) is 0 Å². The van der Waals surface area contributed by atoms with Crippen molar-refractivity contribution in [3.8, 4) is 11.1 Å². The van der Waals surface area contributed by atoms with Crippen LogP contribution in [-0.4, -0.2) is 17.6 Å². The summed E-state index contributed by atoms with van der Waals surface area (Å²) in [6.07, 6.45) is 20.6. The first-order valence-corrected chi connectivity index (χ1v) is 13.8. The second-order valence-electron chi connectivity index (χ2n) is 9.81. The molecule has 0 heterocycles. The maximum Gasteiger partial charge on any atom is 0.336 e. The number of carbonyl (C=O) groups is 1. The van der Waals surface area contributed by atoms with Gasteiger partial charge in [0.05, 0.1) is 5.56 Å². The molecule has 0 aliphatic rings. The largest absolute Gasteiger partial charge is 0.478 e. The lowest BCUT2D eigenvalue weighted by atomic mass is 9.97. The molecule has 2 rings (SSSR count). The predicted octanol–water partition coefficient (Wildman–Crippen LogP) is 9.64. The van der Waals surface area contributed by atoms with E-state index in [-0.39, 0.29) is 0 Å². The number of carboxylic acid groups (broad SMARTS) is 1. The molecule has 34 heavy (non-hydrogen) atoms. The number of hydrogen-bond donors (Lipinski definition) is 2. The molecular weight excluding hydrogens is 418 g/mol. The number of rotatable bonds is 19. The molecule has 0 spiro atoms. The quantitative estimate of drug-likeness (QED) is 0.203. The maximum atomic E-state index is 11.7. The minimum atomic E-state index is -0.884. The zero-order chi connectivity index (χ0) is 24.4. The first kappa shape index (κ1) is 28.0. The van der Waals surface area contributed by atoms with Gasteiger partial charge in [0.1, 0.15) is 0 Å². The van der Waals surface area contributed by atoms with Crippen molar-refractivity contribution in [2.75, 3.05) is 11.9 Å². The number of carboxylic acids is 1. The third-order valence-electron chi connectivity index (χ3n) is 6.69. The Bertz CT molecular complexity index is 830. The summed E-state index contributed by atoms with van der Waals surface area (Å²) in [4.78, 5) is 11.7. The van der Waals surface area contributed by atoms with Crippen molar-refractivity contribution in [3.05, 3.63) is 53.6 Å². The van der Waals surface area contributed by atoms with E-state index in [1.165, 1.54) is 89.9 Å². The van der Waals surface area contributed by atoms with E-state index in [2.05, 4.69) is 12.2 Å². The predicted molar refractivity (Wildman–Crippen MR) is 147 cm³/mol. The van der Waals surface area contributed by atoms with Gasteiger partial charge in [-0.05, 0) is 42.7 Å². The van der Waals surface area contributed by atoms with Crippen LogP contribution in [0, 0.1) is 6.92 Å². The second-order valence-corrected chi connectivity index (χ2v) is 9.81. The maximum absolute atomic E-state index is 11.7. The van der Waals surface area contributed by atoms with Crippen LogP contribution >= 0.6 is 0 Å². The van der Waals surface area contributed by atoms with Crippen LogP contribution in [0.1, 0.15) is 119 Å². The lowest BCUT2D eigenvalue weighted by Gasteiger charge is -2.12. The Morgan fingerprint density at radius 1 is 0.735 bits per heavy atom. The van der Waals surface area contributed by atoms with E-state index in [4.69, 9.17) is 0 Å². The van der Waals surface area contributed by atoms with Crippen molar-refractivity contribution in [2.24, 2.45) is 0 Å². The molecule has 2 N–H and O–H groups in total. The highest BCUT2D eigenvalue weighted by molar-refractivity contribution is 5.97. The van der Waals surface area contributed by atoms with Gasteiger partial charge in [-0.2, -0.15) is 0 Å². The van der Waals surface area contributed by atoms with Crippen molar-refractivity contribution in [1.29, 1.82) is 0 Å². The van der Waals surface area contributed by atoms with Crippen molar-refractivity contribution in [1.82, 2.24) is 0 Å². The van der Waals surface area contributed by atoms with Gasteiger partial charge in [0.2, 0.25) is 0 Å². The topological polar surface area (TPSA) is 49.3 Å². The van der Waals surface area contributed by atoms with Gasteiger partial charge in [0.25, 0.3) is 0 Å². The van der Waals surface area contributed by atoms with Crippen LogP contribution in [0.3, 0.4) is 0 Å². The monoisotopic (exact) mass is 465 g/mol. The number of nitrogens with one attached hydrogen (secondary N) is 1. The van der Waals surface area contributed by atoms with Gasteiger partial charge in [0.15, 0.2) is 0 Å². The second kappa shape index (κ2) is 17.2. The normalized spacial score (nSPS) is 11.0. The molecule has 2 aromatic rings. The molecule has 3 nitrogen and oxygen atoms in total. The van der Waals surface area contributed by atoms with Crippen LogP contribution in [0.5, 0.6) is 0 Å². The minimum absolute atomic E-state index is 0.350. The molecule has 0 radical (unpaired) electrons. The molecule has 0 aliphatic carbocycles. The molecule has 0 aromatic heterocycles. The van der Waals surface area contributed by atoms with E-state index in [1.807, 2.05) is 43.3 Å². The zero-order valence-electron chi connectivity index (χ0n) is 21.7.